The molecule has 0 saturated carbocycles. The predicted octanol–water partition coefficient (Wildman–Crippen LogP) is 4.47. The van der Waals surface area contributed by atoms with Gasteiger partial charge in [0, 0.05) is 11.2 Å². The molecular weight excluding hydrogens is 342 g/mol. The highest BCUT2D eigenvalue weighted by Crippen LogP contribution is 2.33. The zero-order chi connectivity index (χ0) is 16.4. The standard InChI is InChI=1S/C16H13ClF2N2OS/c17-10-4-5-11-9(8-10)3-6-13(11)21-14(22)12-2-1-7-20-15(12)23-16(18)19/h1-2,4-5,7-8,13,16H,3,6H2,(H,21,22). The predicted molar refractivity (Wildman–Crippen MR) is 86.1 cm³/mol. The number of thioether (sulfide) groups is 1. The van der Waals surface area contributed by atoms with Crippen LogP contribution in [-0.2, 0) is 6.42 Å². The molecule has 1 amide bonds. The molecule has 1 N–H and O–H groups in total. The molecular formula is C16H13ClF2N2OS. The molecule has 120 valence electrons. The topological polar surface area (TPSA) is 42.0 Å². The van der Waals surface area contributed by atoms with E-state index in [4.69, 9.17) is 11.6 Å². The Morgan fingerprint density at radius 1 is 1.39 bits per heavy atom. The van der Waals surface area contributed by atoms with Gasteiger partial charge in [-0.05, 0) is 60.0 Å². The summed E-state index contributed by atoms with van der Waals surface area (Å²) in [6.45, 7) is 0. The lowest BCUT2D eigenvalue weighted by Gasteiger charge is -2.15. The molecule has 7 heteroatoms. The second kappa shape index (κ2) is 6.84. The number of pyridine rings is 1. The van der Waals surface area contributed by atoms with Crippen molar-refractivity contribution in [3.8, 4) is 0 Å². The number of benzene rings is 1. The van der Waals surface area contributed by atoms with Crippen LogP contribution in [0.3, 0.4) is 0 Å². The Bertz CT molecular complexity index is 742. The third kappa shape index (κ3) is 3.64. The first kappa shape index (κ1) is 16.2. The molecule has 3 rings (SSSR count). The Morgan fingerprint density at radius 3 is 3.00 bits per heavy atom. The summed E-state index contributed by atoms with van der Waals surface area (Å²) < 4.78 is 25.2. The van der Waals surface area contributed by atoms with E-state index in [0.29, 0.717) is 5.02 Å². The maximum Gasteiger partial charge on any atom is 0.290 e. The van der Waals surface area contributed by atoms with Crippen LogP contribution in [0.15, 0.2) is 41.6 Å². The van der Waals surface area contributed by atoms with Crippen LogP contribution >= 0.6 is 23.4 Å². The lowest BCUT2D eigenvalue weighted by Crippen LogP contribution is -2.27. The van der Waals surface area contributed by atoms with E-state index in [1.807, 2.05) is 12.1 Å². The Hall–Kier alpha value is -1.66. The second-order valence-electron chi connectivity index (χ2n) is 5.14. The van der Waals surface area contributed by atoms with Crippen LogP contribution in [0.2, 0.25) is 5.02 Å². The number of alkyl halides is 2. The quantitative estimate of drug-likeness (QED) is 0.824. The summed E-state index contributed by atoms with van der Waals surface area (Å²) in [5, 5.41) is 3.61. The summed E-state index contributed by atoms with van der Waals surface area (Å²) in [5.74, 6) is -3.01. The average Bonchev–Trinajstić information content (AvgIpc) is 2.89. The highest BCUT2D eigenvalue weighted by atomic mass is 35.5. The van der Waals surface area contributed by atoms with E-state index in [-0.39, 0.29) is 28.4 Å². The fraction of sp³-hybridized carbons (Fsp3) is 0.250. The van der Waals surface area contributed by atoms with Crippen LogP contribution < -0.4 is 5.32 Å². The summed E-state index contributed by atoms with van der Waals surface area (Å²) in [6, 6.07) is 8.50. The Morgan fingerprint density at radius 2 is 2.22 bits per heavy atom. The van der Waals surface area contributed by atoms with Crippen molar-refractivity contribution < 1.29 is 13.6 Å². The van der Waals surface area contributed by atoms with Gasteiger partial charge in [-0.2, -0.15) is 8.78 Å². The van der Waals surface area contributed by atoms with E-state index >= 15 is 0 Å². The molecule has 0 fully saturated rings. The third-order valence-electron chi connectivity index (χ3n) is 3.70. The molecule has 3 nitrogen and oxygen atoms in total. The van der Waals surface area contributed by atoms with E-state index in [9.17, 15) is 13.6 Å². The smallest absolute Gasteiger partial charge is 0.290 e. The number of nitrogens with one attached hydrogen (secondary N) is 1. The third-order valence-corrected chi connectivity index (χ3v) is 4.67. The molecule has 1 unspecified atom stereocenters. The van der Waals surface area contributed by atoms with Gasteiger partial charge in [-0.25, -0.2) is 4.98 Å². The van der Waals surface area contributed by atoms with E-state index in [2.05, 4.69) is 10.3 Å². The molecule has 0 aliphatic heterocycles. The molecule has 0 bridgehead atoms. The number of carbonyl (C=O) groups excluding carboxylic acids is 1. The van der Waals surface area contributed by atoms with Crippen molar-refractivity contribution in [1.29, 1.82) is 0 Å². The van der Waals surface area contributed by atoms with Crippen molar-refractivity contribution in [3.05, 3.63) is 58.2 Å². The Kier molecular flexibility index (Phi) is 4.82. The molecule has 23 heavy (non-hydrogen) atoms. The van der Waals surface area contributed by atoms with Gasteiger partial charge < -0.3 is 5.32 Å². The lowest BCUT2D eigenvalue weighted by molar-refractivity contribution is 0.0933. The first-order valence-electron chi connectivity index (χ1n) is 7.03. The number of nitrogens with zero attached hydrogens (tertiary/aromatic N) is 1. The maximum absolute atomic E-state index is 12.6. The number of aryl methyl sites for hydroxylation is 1. The molecule has 1 heterocycles. The van der Waals surface area contributed by atoms with Gasteiger partial charge in [0.15, 0.2) is 0 Å². The number of carbonyl (C=O) groups is 1. The van der Waals surface area contributed by atoms with Gasteiger partial charge >= 0.3 is 0 Å². The number of fused-ring (bicyclic) bond motifs is 1. The van der Waals surface area contributed by atoms with E-state index in [0.717, 1.165) is 24.0 Å². The molecule has 0 spiro atoms. The summed E-state index contributed by atoms with van der Waals surface area (Å²) in [4.78, 5) is 16.3. The summed E-state index contributed by atoms with van der Waals surface area (Å²) in [6.07, 6.45) is 2.99. The van der Waals surface area contributed by atoms with Crippen LogP contribution in [0.1, 0.15) is 33.9 Å². The van der Waals surface area contributed by atoms with Gasteiger partial charge in [0.2, 0.25) is 0 Å². The van der Waals surface area contributed by atoms with Crippen molar-refractivity contribution in [2.75, 3.05) is 0 Å². The normalized spacial score (nSPS) is 16.4. The molecule has 1 atom stereocenters. The Balaban J connectivity index is 1.79. The van der Waals surface area contributed by atoms with Gasteiger partial charge in [-0.1, -0.05) is 17.7 Å². The number of hydrogen-bond donors (Lipinski definition) is 1. The summed E-state index contributed by atoms with van der Waals surface area (Å²) in [7, 11) is 0. The van der Waals surface area contributed by atoms with Crippen LogP contribution in [0, 0.1) is 0 Å². The Labute approximate surface area is 141 Å². The molecule has 1 aliphatic carbocycles. The number of hydrogen-bond acceptors (Lipinski definition) is 3. The first-order valence-corrected chi connectivity index (χ1v) is 8.29. The van der Waals surface area contributed by atoms with Gasteiger partial charge in [0.1, 0.15) is 5.03 Å². The number of halogens is 3. The second-order valence-corrected chi connectivity index (χ2v) is 6.56. The minimum absolute atomic E-state index is 0.0364. The molecule has 0 saturated heterocycles. The SMILES string of the molecule is O=C(NC1CCc2cc(Cl)ccc21)c1cccnc1SC(F)F. The highest BCUT2D eigenvalue weighted by molar-refractivity contribution is 7.99. The van der Waals surface area contributed by atoms with E-state index in [1.54, 1.807) is 12.1 Å². The summed E-state index contributed by atoms with van der Waals surface area (Å²) >= 11 is 6.25. The van der Waals surface area contributed by atoms with Crippen LogP contribution in [-0.4, -0.2) is 16.6 Å². The average molecular weight is 355 g/mol. The number of rotatable bonds is 4. The maximum atomic E-state index is 12.6. The summed E-state index contributed by atoms with van der Waals surface area (Å²) in [5.41, 5.74) is 2.30. The zero-order valence-electron chi connectivity index (χ0n) is 11.9. The zero-order valence-corrected chi connectivity index (χ0v) is 13.5. The minimum atomic E-state index is -2.62. The van der Waals surface area contributed by atoms with E-state index < -0.39 is 11.7 Å². The molecule has 1 aromatic carbocycles. The van der Waals surface area contributed by atoms with Crippen molar-refractivity contribution in [3.63, 3.8) is 0 Å². The van der Waals surface area contributed by atoms with Crippen molar-refractivity contribution >= 4 is 29.3 Å². The van der Waals surface area contributed by atoms with Gasteiger partial charge in [-0.15, -0.1) is 0 Å². The molecule has 1 aromatic heterocycles. The molecule has 1 aliphatic rings. The van der Waals surface area contributed by atoms with Crippen molar-refractivity contribution in [1.82, 2.24) is 10.3 Å². The van der Waals surface area contributed by atoms with Gasteiger partial charge in [0.05, 0.1) is 11.6 Å². The number of aromatic nitrogens is 1. The largest absolute Gasteiger partial charge is 0.345 e. The van der Waals surface area contributed by atoms with Crippen LogP contribution in [0.4, 0.5) is 8.78 Å². The van der Waals surface area contributed by atoms with Gasteiger partial charge in [0.25, 0.3) is 11.7 Å². The van der Waals surface area contributed by atoms with Crippen molar-refractivity contribution in [2.45, 2.75) is 29.7 Å². The lowest BCUT2D eigenvalue weighted by atomic mass is 10.1. The molecule has 2 aromatic rings. The molecule has 0 radical (unpaired) electrons. The number of amides is 1. The first-order chi connectivity index (χ1) is 11.0. The van der Waals surface area contributed by atoms with E-state index in [1.165, 1.54) is 12.3 Å². The van der Waals surface area contributed by atoms with Gasteiger partial charge in [-0.3, -0.25) is 4.79 Å². The van der Waals surface area contributed by atoms with Crippen LogP contribution in [0.25, 0.3) is 0 Å². The fourth-order valence-corrected chi connectivity index (χ4v) is 3.49. The van der Waals surface area contributed by atoms with Crippen LogP contribution in [0.5, 0.6) is 0 Å². The highest BCUT2D eigenvalue weighted by Gasteiger charge is 2.26. The fourth-order valence-electron chi connectivity index (χ4n) is 2.71. The minimum Gasteiger partial charge on any atom is -0.345 e. The monoisotopic (exact) mass is 354 g/mol. The van der Waals surface area contributed by atoms with Crippen molar-refractivity contribution in [2.24, 2.45) is 0 Å².